The predicted molar refractivity (Wildman–Crippen MR) is 125 cm³/mol. The van der Waals surface area contributed by atoms with Crippen molar-refractivity contribution >= 4 is 41.3 Å². The van der Waals surface area contributed by atoms with Crippen molar-refractivity contribution in [2.75, 3.05) is 26.7 Å². The molecule has 1 unspecified atom stereocenters. The third kappa shape index (κ3) is 7.14. The lowest BCUT2D eigenvalue weighted by atomic mass is 10.0. The Morgan fingerprint density at radius 1 is 1.34 bits per heavy atom. The highest BCUT2D eigenvalue weighted by Gasteiger charge is 2.22. The van der Waals surface area contributed by atoms with E-state index in [4.69, 9.17) is 0 Å². The number of hydrogen-bond donors (Lipinski definition) is 2. The number of guanidine groups is 1. The van der Waals surface area contributed by atoms with E-state index in [1.165, 1.54) is 23.1 Å². The minimum atomic E-state index is -0.481. The van der Waals surface area contributed by atoms with Gasteiger partial charge in [-0.1, -0.05) is 6.07 Å². The van der Waals surface area contributed by atoms with Gasteiger partial charge >= 0.3 is 0 Å². The number of halogens is 3. The fourth-order valence-electron chi connectivity index (χ4n) is 3.42. The average Bonchev–Trinajstić information content (AvgIpc) is 3.09. The van der Waals surface area contributed by atoms with Crippen LogP contribution in [0.1, 0.15) is 28.3 Å². The molecule has 9 heteroatoms. The van der Waals surface area contributed by atoms with Gasteiger partial charge in [-0.05, 0) is 38.4 Å². The Labute approximate surface area is 192 Å². The van der Waals surface area contributed by atoms with E-state index in [0.717, 1.165) is 49.9 Å². The predicted octanol–water partition coefficient (Wildman–Crippen LogP) is 3.72. The van der Waals surface area contributed by atoms with Crippen molar-refractivity contribution in [1.29, 1.82) is 0 Å². The van der Waals surface area contributed by atoms with Gasteiger partial charge in [-0.25, -0.2) is 13.8 Å². The Kier molecular flexibility index (Phi) is 9.70. The molecule has 1 aromatic heterocycles. The number of nitrogens with zero attached hydrogens (tertiary/aromatic N) is 3. The maximum Gasteiger partial charge on any atom is 0.191 e. The van der Waals surface area contributed by atoms with E-state index < -0.39 is 11.6 Å². The molecule has 3 rings (SSSR count). The summed E-state index contributed by atoms with van der Waals surface area (Å²) >= 11 is 1.71. The molecule has 5 nitrogen and oxygen atoms in total. The van der Waals surface area contributed by atoms with Gasteiger partial charge in [0, 0.05) is 55.8 Å². The van der Waals surface area contributed by atoms with E-state index in [1.54, 1.807) is 18.4 Å². The Bertz CT molecular complexity index is 794. The first-order valence-electron chi connectivity index (χ1n) is 9.59. The van der Waals surface area contributed by atoms with E-state index in [9.17, 15) is 8.78 Å². The zero-order valence-corrected chi connectivity index (χ0v) is 19.9. The van der Waals surface area contributed by atoms with E-state index in [2.05, 4.69) is 32.4 Å². The number of aromatic nitrogens is 1. The number of nitrogens with one attached hydrogen (secondary N) is 2. The highest BCUT2D eigenvalue weighted by atomic mass is 127. The van der Waals surface area contributed by atoms with Crippen LogP contribution < -0.4 is 10.6 Å². The van der Waals surface area contributed by atoms with Crippen LogP contribution in [0.5, 0.6) is 0 Å². The van der Waals surface area contributed by atoms with Crippen LogP contribution in [0.3, 0.4) is 0 Å². The lowest BCUT2D eigenvalue weighted by molar-refractivity contribution is 0.188. The van der Waals surface area contributed by atoms with E-state index >= 15 is 0 Å². The number of hydrogen-bond acceptors (Lipinski definition) is 4. The fraction of sp³-hybridized carbons (Fsp3) is 0.500. The summed E-state index contributed by atoms with van der Waals surface area (Å²) in [6, 6.07) is 4.22. The molecule has 1 aromatic carbocycles. The summed E-state index contributed by atoms with van der Waals surface area (Å²) in [5.74, 6) is -0.216. The van der Waals surface area contributed by atoms with E-state index in [0.29, 0.717) is 0 Å². The fourth-order valence-corrected chi connectivity index (χ4v) is 4.20. The van der Waals surface area contributed by atoms with Crippen LogP contribution in [0.4, 0.5) is 8.78 Å². The van der Waals surface area contributed by atoms with Crippen molar-refractivity contribution in [2.45, 2.75) is 38.8 Å². The molecule has 1 aliphatic rings. The summed E-state index contributed by atoms with van der Waals surface area (Å²) in [5, 5.41) is 7.87. The minimum absolute atomic E-state index is 0. The molecule has 2 aromatic rings. The normalized spacial score (nSPS) is 17.7. The molecule has 2 heterocycles. The first-order chi connectivity index (χ1) is 13.5. The molecule has 0 bridgehead atoms. The van der Waals surface area contributed by atoms with Crippen LogP contribution in [0.2, 0.25) is 0 Å². The molecule has 0 amide bonds. The smallest absolute Gasteiger partial charge is 0.191 e. The first kappa shape index (κ1) is 23.9. The summed E-state index contributed by atoms with van der Waals surface area (Å²) in [6.45, 7) is 4.65. The second kappa shape index (κ2) is 11.8. The van der Waals surface area contributed by atoms with Crippen LogP contribution in [-0.2, 0) is 13.0 Å². The average molecular weight is 535 g/mol. The van der Waals surface area contributed by atoms with Gasteiger partial charge in [-0.2, -0.15) is 0 Å². The number of aryl methyl sites for hydroxylation is 1. The Balaban J connectivity index is 0.00000300. The zero-order chi connectivity index (χ0) is 19.9. The number of piperidine rings is 1. The SMILES string of the molecule is CN=C(NCCc1ncc(C)s1)NC1CCCN(Cc2c(F)cccc2F)C1.I. The second-order valence-electron chi connectivity index (χ2n) is 7.03. The van der Waals surface area contributed by atoms with Gasteiger partial charge in [0.2, 0.25) is 0 Å². The second-order valence-corrected chi connectivity index (χ2v) is 8.35. The van der Waals surface area contributed by atoms with Crippen LogP contribution >= 0.6 is 35.3 Å². The van der Waals surface area contributed by atoms with Crippen LogP contribution in [0.15, 0.2) is 29.4 Å². The van der Waals surface area contributed by atoms with Crippen molar-refractivity contribution in [3.8, 4) is 0 Å². The monoisotopic (exact) mass is 535 g/mol. The third-order valence-electron chi connectivity index (χ3n) is 4.81. The quantitative estimate of drug-likeness (QED) is 0.337. The van der Waals surface area contributed by atoms with Gasteiger partial charge in [0.25, 0.3) is 0 Å². The molecule has 0 aliphatic carbocycles. The molecule has 0 saturated carbocycles. The Morgan fingerprint density at radius 3 is 2.76 bits per heavy atom. The molecule has 2 N–H and O–H groups in total. The molecule has 0 spiro atoms. The van der Waals surface area contributed by atoms with E-state index in [-0.39, 0.29) is 42.1 Å². The first-order valence-corrected chi connectivity index (χ1v) is 10.4. The number of thiazole rings is 1. The van der Waals surface area contributed by atoms with Crippen molar-refractivity contribution in [2.24, 2.45) is 4.99 Å². The third-order valence-corrected chi connectivity index (χ3v) is 5.79. The molecular formula is C20H28F2IN5S. The summed E-state index contributed by atoms with van der Waals surface area (Å²) in [6.07, 6.45) is 4.72. The highest BCUT2D eigenvalue weighted by molar-refractivity contribution is 14.0. The molecular weight excluding hydrogens is 507 g/mol. The molecule has 160 valence electrons. The molecule has 1 atom stereocenters. The van der Waals surface area contributed by atoms with Gasteiger partial charge in [0.05, 0.1) is 5.01 Å². The highest BCUT2D eigenvalue weighted by Crippen LogP contribution is 2.18. The summed E-state index contributed by atoms with van der Waals surface area (Å²) in [4.78, 5) is 12.0. The number of rotatable bonds is 6. The summed E-state index contributed by atoms with van der Waals surface area (Å²) < 4.78 is 27.9. The molecule has 0 radical (unpaired) electrons. The molecule has 1 saturated heterocycles. The Hall–Kier alpha value is -1.33. The van der Waals surface area contributed by atoms with Crippen molar-refractivity contribution < 1.29 is 8.78 Å². The van der Waals surface area contributed by atoms with Gasteiger partial charge < -0.3 is 10.6 Å². The van der Waals surface area contributed by atoms with Crippen molar-refractivity contribution in [1.82, 2.24) is 20.5 Å². The zero-order valence-electron chi connectivity index (χ0n) is 16.8. The van der Waals surface area contributed by atoms with Crippen LogP contribution in [0, 0.1) is 18.6 Å². The maximum absolute atomic E-state index is 13.9. The summed E-state index contributed by atoms with van der Waals surface area (Å²) in [5.41, 5.74) is 0.143. The lowest BCUT2D eigenvalue weighted by Crippen LogP contribution is -2.51. The minimum Gasteiger partial charge on any atom is -0.356 e. The topological polar surface area (TPSA) is 52.6 Å². The van der Waals surface area contributed by atoms with E-state index in [1.807, 2.05) is 6.20 Å². The largest absolute Gasteiger partial charge is 0.356 e. The number of benzene rings is 1. The maximum atomic E-state index is 13.9. The van der Waals surface area contributed by atoms with Crippen molar-refractivity contribution in [3.63, 3.8) is 0 Å². The van der Waals surface area contributed by atoms with Gasteiger partial charge in [-0.15, -0.1) is 35.3 Å². The van der Waals surface area contributed by atoms with Gasteiger partial charge in [0.1, 0.15) is 11.6 Å². The Morgan fingerprint density at radius 2 is 2.10 bits per heavy atom. The molecule has 1 aliphatic heterocycles. The van der Waals surface area contributed by atoms with Gasteiger partial charge in [0.15, 0.2) is 5.96 Å². The lowest BCUT2D eigenvalue weighted by Gasteiger charge is -2.34. The van der Waals surface area contributed by atoms with Crippen molar-refractivity contribution in [3.05, 3.63) is 51.5 Å². The van der Waals surface area contributed by atoms with Crippen LogP contribution in [0.25, 0.3) is 0 Å². The molecule has 29 heavy (non-hydrogen) atoms. The standard InChI is InChI=1S/C20H27F2N5S.HI/c1-14-11-25-19(28-14)8-9-24-20(23-2)26-15-5-4-10-27(12-15)13-16-17(21)6-3-7-18(16)22;/h3,6-7,11,15H,4-5,8-10,12-13H2,1-2H3,(H2,23,24,26);1H. The summed E-state index contributed by atoms with van der Waals surface area (Å²) in [7, 11) is 1.75. The molecule has 1 fully saturated rings. The van der Waals surface area contributed by atoms with Gasteiger partial charge in [-0.3, -0.25) is 9.89 Å². The number of aliphatic imine (C=N–C) groups is 1. The number of likely N-dealkylation sites (tertiary alicyclic amines) is 1. The van der Waals surface area contributed by atoms with Crippen LogP contribution in [-0.4, -0.2) is 48.6 Å².